The molecule has 3 aromatic rings. The Labute approximate surface area is 166 Å². The fourth-order valence-electron chi connectivity index (χ4n) is 3.59. The lowest BCUT2D eigenvalue weighted by Gasteiger charge is -2.36. The SMILES string of the molecule is Cc1nccnc1CN1CCN(c2ccc3c(=O)n(CC(F)F)cnc3c2)CC1. The van der Waals surface area contributed by atoms with E-state index in [1.807, 2.05) is 19.1 Å². The predicted molar refractivity (Wildman–Crippen MR) is 106 cm³/mol. The summed E-state index contributed by atoms with van der Waals surface area (Å²) in [6.45, 7) is 5.55. The number of benzene rings is 1. The Hall–Kier alpha value is -2.94. The van der Waals surface area contributed by atoms with Crippen molar-refractivity contribution in [2.45, 2.75) is 26.4 Å². The maximum atomic E-state index is 12.6. The standard InChI is InChI=1S/C20H22F2N6O/c1-14-18(24-5-4-23-14)11-26-6-8-27(9-7-26)15-2-3-16-17(10-15)25-13-28(20(16)29)12-19(21)22/h2-5,10,13,19H,6-9,11-12H2,1H3. The van der Waals surface area contributed by atoms with Crippen LogP contribution >= 0.6 is 0 Å². The van der Waals surface area contributed by atoms with Crippen molar-refractivity contribution in [2.75, 3.05) is 31.1 Å². The minimum Gasteiger partial charge on any atom is -0.369 e. The largest absolute Gasteiger partial charge is 0.369 e. The molecule has 0 N–H and O–H groups in total. The average molecular weight is 400 g/mol. The van der Waals surface area contributed by atoms with Crippen molar-refractivity contribution in [3.8, 4) is 0 Å². The number of rotatable bonds is 5. The van der Waals surface area contributed by atoms with Crippen molar-refractivity contribution in [3.05, 3.63) is 58.7 Å². The number of aryl methyl sites for hydroxylation is 1. The summed E-state index contributed by atoms with van der Waals surface area (Å²) in [4.78, 5) is 29.8. The molecule has 7 nitrogen and oxygen atoms in total. The Balaban J connectivity index is 1.45. The fraction of sp³-hybridized carbons (Fsp3) is 0.400. The lowest BCUT2D eigenvalue weighted by Crippen LogP contribution is -2.46. The van der Waals surface area contributed by atoms with E-state index in [9.17, 15) is 13.6 Å². The number of alkyl halides is 2. The first kappa shape index (κ1) is 19.4. The first-order valence-electron chi connectivity index (χ1n) is 9.52. The molecule has 0 aliphatic carbocycles. The molecule has 0 amide bonds. The number of aromatic nitrogens is 4. The molecule has 9 heteroatoms. The highest BCUT2D eigenvalue weighted by molar-refractivity contribution is 5.81. The average Bonchev–Trinajstić information content (AvgIpc) is 2.72. The van der Waals surface area contributed by atoms with E-state index in [4.69, 9.17) is 0 Å². The van der Waals surface area contributed by atoms with Crippen LogP contribution in [0.4, 0.5) is 14.5 Å². The van der Waals surface area contributed by atoms with Gasteiger partial charge in [0.1, 0.15) is 0 Å². The Kier molecular flexibility index (Phi) is 5.48. The molecule has 1 aromatic carbocycles. The molecule has 0 bridgehead atoms. The second-order valence-electron chi connectivity index (χ2n) is 7.15. The third-order valence-electron chi connectivity index (χ3n) is 5.24. The van der Waals surface area contributed by atoms with E-state index in [-0.39, 0.29) is 0 Å². The molecule has 0 spiro atoms. The highest BCUT2D eigenvalue weighted by Crippen LogP contribution is 2.21. The van der Waals surface area contributed by atoms with Gasteiger partial charge in [-0.05, 0) is 25.1 Å². The third-order valence-corrected chi connectivity index (χ3v) is 5.24. The molecule has 0 unspecified atom stereocenters. The molecule has 1 aliphatic rings. The molecule has 4 rings (SSSR count). The van der Waals surface area contributed by atoms with Crippen molar-refractivity contribution in [2.24, 2.45) is 0 Å². The summed E-state index contributed by atoms with van der Waals surface area (Å²) >= 11 is 0. The summed E-state index contributed by atoms with van der Waals surface area (Å²) in [5.74, 6) is 0. The highest BCUT2D eigenvalue weighted by Gasteiger charge is 2.19. The normalized spacial score (nSPS) is 15.4. The molecule has 29 heavy (non-hydrogen) atoms. The summed E-state index contributed by atoms with van der Waals surface area (Å²) in [6.07, 6.45) is 2.03. The van der Waals surface area contributed by atoms with Gasteiger partial charge in [-0.25, -0.2) is 13.8 Å². The quantitative estimate of drug-likeness (QED) is 0.653. The maximum absolute atomic E-state index is 12.6. The van der Waals surface area contributed by atoms with Gasteiger partial charge in [0.25, 0.3) is 12.0 Å². The van der Waals surface area contributed by atoms with Crippen LogP contribution in [0.1, 0.15) is 11.4 Å². The number of nitrogens with zero attached hydrogens (tertiary/aromatic N) is 6. The van der Waals surface area contributed by atoms with Crippen molar-refractivity contribution in [1.82, 2.24) is 24.4 Å². The van der Waals surface area contributed by atoms with Gasteiger partial charge in [-0.15, -0.1) is 0 Å². The lowest BCUT2D eigenvalue weighted by molar-refractivity contribution is 0.125. The lowest BCUT2D eigenvalue weighted by atomic mass is 10.2. The van der Waals surface area contributed by atoms with Gasteiger partial charge in [-0.1, -0.05) is 0 Å². The van der Waals surface area contributed by atoms with Crippen LogP contribution in [-0.4, -0.2) is 57.0 Å². The Morgan fingerprint density at radius 2 is 1.83 bits per heavy atom. The second kappa shape index (κ2) is 8.20. The van der Waals surface area contributed by atoms with Gasteiger partial charge in [0.05, 0.1) is 35.2 Å². The van der Waals surface area contributed by atoms with Gasteiger partial charge < -0.3 is 4.90 Å². The molecule has 2 aromatic heterocycles. The predicted octanol–water partition coefficient (Wildman–Crippen LogP) is 2.08. The van der Waals surface area contributed by atoms with Crippen LogP contribution in [0.5, 0.6) is 0 Å². The van der Waals surface area contributed by atoms with E-state index in [2.05, 4.69) is 24.8 Å². The van der Waals surface area contributed by atoms with Crippen molar-refractivity contribution < 1.29 is 8.78 Å². The second-order valence-corrected chi connectivity index (χ2v) is 7.15. The van der Waals surface area contributed by atoms with Crippen LogP contribution in [0, 0.1) is 6.92 Å². The first-order chi connectivity index (χ1) is 14.0. The van der Waals surface area contributed by atoms with E-state index in [0.717, 1.165) is 54.4 Å². The summed E-state index contributed by atoms with van der Waals surface area (Å²) in [7, 11) is 0. The molecular formula is C20H22F2N6O. The van der Waals surface area contributed by atoms with E-state index in [1.165, 1.54) is 6.33 Å². The van der Waals surface area contributed by atoms with Gasteiger partial charge in [0.2, 0.25) is 0 Å². The van der Waals surface area contributed by atoms with Crippen LogP contribution in [0.25, 0.3) is 10.9 Å². The molecule has 152 valence electrons. The summed E-state index contributed by atoms with van der Waals surface area (Å²) < 4.78 is 26.1. The molecule has 0 radical (unpaired) electrons. The molecule has 1 fully saturated rings. The molecule has 0 saturated carbocycles. The van der Waals surface area contributed by atoms with Crippen molar-refractivity contribution >= 4 is 16.6 Å². The van der Waals surface area contributed by atoms with E-state index < -0.39 is 18.5 Å². The maximum Gasteiger partial charge on any atom is 0.261 e. The number of hydrogen-bond acceptors (Lipinski definition) is 6. The molecule has 3 heterocycles. The highest BCUT2D eigenvalue weighted by atomic mass is 19.3. The number of halogens is 2. The van der Waals surface area contributed by atoms with Gasteiger partial charge in [0.15, 0.2) is 0 Å². The number of anilines is 1. The zero-order chi connectivity index (χ0) is 20.4. The van der Waals surface area contributed by atoms with E-state index in [1.54, 1.807) is 18.5 Å². The molecule has 1 aliphatic heterocycles. The Morgan fingerprint density at radius 3 is 2.55 bits per heavy atom. The van der Waals surface area contributed by atoms with E-state index >= 15 is 0 Å². The van der Waals surface area contributed by atoms with E-state index in [0.29, 0.717) is 10.9 Å². The van der Waals surface area contributed by atoms with Crippen molar-refractivity contribution in [3.63, 3.8) is 0 Å². The number of hydrogen-bond donors (Lipinski definition) is 0. The minimum absolute atomic E-state index is 0.355. The molecule has 1 saturated heterocycles. The fourth-order valence-corrected chi connectivity index (χ4v) is 3.59. The first-order valence-corrected chi connectivity index (χ1v) is 9.52. The van der Waals surface area contributed by atoms with Crippen LogP contribution in [0.2, 0.25) is 0 Å². The molecular weight excluding hydrogens is 378 g/mol. The smallest absolute Gasteiger partial charge is 0.261 e. The van der Waals surface area contributed by atoms with Crippen LogP contribution < -0.4 is 10.5 Å². The monoisotopic (exact) mass is 400 g/mol. The van der Waals surface area contributed by atoms with Gasteiger partial charge in [-0.3, -0.25) is 24.2 Å². The summed E-state index contributed by atoms with van der Waals surface area (Å²) in [5, 5.41) is 0.355. The third kappa shape index (κ3) is 4.24. The van der Waals surface area contributed by atoms with Crippen LogP contribution in [-0.2, 0) is 13.1 Å². The van der Waals surface area contributed by atoms with Crippen LogP contribution in [0.3, 0.4) is 0 Å². The van der Waals surface area contributed by atoms with Gasteiger partial charge in [-0.2, -0.15) is 0 Å². The zero-order valence-corrected chi connectivity index (χ0v) is 16.1. The molecule has 0 atom stereocenters. The Morgan fingerprint density at radius 1 is 1.07 bits per heavy atom. The van der Waals surface area contributed by atoms with Gasteiger partial charge in [0, 0.05) is 50.8 Å². The Bertz CT molecular complexity index is 1060. The van der Waals surface area contributed by atoms with Crippen LogP contribution in [0.15, 0.2) is 41.7 Å². The minimum atomic E-state index is -2.59. The van der Waals surface area contributed by atoms with Crippen molar-refractivity contribution in [1.29, 1.82) is 0 Å². The summed E-state index contributed by atoms with van der Waals surface area (Å²) in [6, 6.07) is 5.39. The topological polar surface area (TPSA) is 67.2 Å². The number of piperazine rings is 1. The summed E-state index contributed by atoms with van der Waals surface area (Å²) in [5.41, 5.74) is 3.01. The zero-order valence-electron chi connectivity index (χ0n) is 16.1. The number of fused-ring (bicyclic) bond motifs is 1. The van der Waals surface area contributed by atoms with Gasteiger partial charge >= 0.3 is 0 Å².